The van der Waals surface area contributed by atoms with Crippen LogP contribution in [0.15, 0.2) is 0 Å². The summed E-state index contributed by atoms with van der Waals surface area (Å²) in [7, 11) is 1.27. The van der Waals surface area contributed by atoms with E-state index in [4.69, 9.17) is 10.8 Å². The Morgan fingerprint density at radius 1 is 1.35 bits per heavy atom. The molecule has 1 aliphatic carbocycles. The predicted octanol–water partition coefficient (Wildman–Crippen LogP) is 1.57. The molecule has 26 heavy (non-hydrogen) atoms. The number of H-pyrrole nitrogens is 1. The Labute approximate surface area is 154 Å². The van der Waals surface area contributed by atoms with Crippen molar-refractivity contribution in [1.82, 2.24) is 25.5 Å². The quantitative estimate of drug-likeness (QED) is 0.787. The maximum atomic E-state index is 12.5. The van der Waals surface area contributed by atoms with Crippen molar-refractivity contribution >= 4 is 12.1 Å². The van der Waals surface area contributed by atoms with Gasteiger partial charge in [0, 0.05) is 13.0 Å². The largest absolute Gasteiger partial charge is 0.464 e. The van der Waals surface area contributed by atoms with Crippen molar-refractivity contribution in [2.45, 2.75) is 51.5 Å². The molecule has 0 spiro atoms. The van der Waals surface area contributed by atoms with E-state index in [0.717, 1.165) is 32.1 Å². The fourth-order valence-electron chi connectivity index (χ4n) is 4.20. The van der Waals surface area contributed by atoms with Crippen LogP contribution in [0.4, 0.5) is 4.79 Å². The van der Waals surface area contributed by atoms with Crippen LogP contribution in [0.25, 0.3) is 0 Å². The van der Waals surface area contributed by atoms with Gasteiger partial charge in [0.05, 0.1) is 15.1 Å². The lowest BCUT2D eigenvalue weighted by Crippen LogP contribution is -2.55. The van der Waals surface area contributed by atoms with Crippen molar-refractivity contribution < 1.29 is 20.4 Å². The number of tetrazole rings is 1. The molecule has 2 aliphatic rings. The minimum Gasteiger partial charge on any atom is -0.464 e. The second-order valence-corrected chi connectivity index (χ2v) is 7.02. The second-order valence-electron chi connectivity index (χ2n) is 7.02. The van der Waals surface area contributed by atoms with E-state index in [0.29, 0.717) is 18.3 Å². The molecule has 2 fully saturated rings. The topological polar surface area (TPSA) is 110 Å². The maximum Gasteiger partial charge on any atom is 0.410 e. The van der Waals surface area contributed by atoms with Crippen molar-refractivity contribution in [3.63, 3.8) is 0 Å². The number of aromatic amines is 1. The summed E-state index contributed by atoms with van der Waals surface area (Å²) in [5.41, 5.74) is 0. The zero-order valence-corrected chi connectivity index (χ0v) is 15.3. The summed E-state index contributed by atoms with van der Waals surface area (Å²) in [6.07, 6.45) is 4.30. The Kier molecular flexibility index (Phi) is 5.61. The van der Waals surface area contributed by atoms with Gasteiger partial charge in [0.25, 0.3) is 0 Å². The lowest BCUT2D eigenvalue weighted by Gasteiger charge is -2.46. The van der Waals surface area contributed by atoms with Gasteiger partial charge in [0.15, 0.2) is 5.82 Å². The minimum absolute atomic E-state index is 0.176. The van der Waals surface area contributed by atoms with E-state index < -0.39 is 18.1 Å². The zero-order chi connectivity index (χ0) is 19.4. The predicted molar refractivity (Wildman–Crippen MR) is 91.0 cm³/mol. The van der Waals surface area contributed by atoms with Gasteiger partial charge in [0.2, 0.25) is 0 Å². The molecule has 9 heteroatoms. The highest BCUT2D eigenvalue weighted by Gasteiger charge is 2.44. The Morgan fingerprint density at radius 3 is 2.88 bits per heavy atom. The number of methoxy groups -OCH3 is 1. The lowest BCUT2D eigenvalue weighted by atomic mass is 9.68. The third-order valence-corrected chi connectivity index (χ3v) is 5.52. The van der Waals surface area contributed by atoms with Crippen LogP contribution in [-0.2, 0) is 20.7 Å². The number of fused-ring (bicyclic) bond motifs is 1. The van der Waals surface area contributed by atoms with Gasteiger partial charge >= 0.3 is 12.1 Å². The molecule has 0 unspecified atom stereocenters. The molecule has 9 nitrogen and oxygen atoms in total. The van der Waals surface area contributed by atoms with E-state index >= 15 is 0 Å². The Hall–Kier alpha value is -2.19. The molecule has 4 atom stereocenters. The number of nitrogens with zero attached hydrogens (tertiary/aromatic N) is 4. The monoisotopic (exact) mass is 366 g/mol. The van der Waals surface area contributed by atoms with Crippen LogP contribution in [0.5, 0.6) is 0 Å². The van der Waals surface area contributed by atoms with E-state index in [2.05, 4.69) is 20.6 Å². The molecule has 1 saturated carbocycles. The lowest BCUT2D eigenvalue weighted by molar-refractivity contribution is -0.152. The van der Waals surface area contributed by atoms with Gasteiger partial charge in [-0.3, -0.25) is 4.90 Å². The number of aryl methyl sites for hydroxylation is 1. The number of piperidine rings is 1. The number of carbonyl (C=O) groups is 2. The van der Waals surface area contributed by atoms with Crippen LogP contribution < -0.4 is 0 Å². The number of ether oxygens (including phenoxy) is 2. The number of amides is 1. The number of hydrogen-bond acceptors (Lipinski definition) is 7. The van der Waals surface area contributed by atoms with Gasteiger partial charge < -0.3 is 9.47 Å². The SMILES string of the molecule is [2H][C@@]1(C(=O)OCC)C[C@H]2C[C@@H](CCc3nn[nH]n3)CC[C@H]2CN1C(=O)OC. The molecule has 1 saturated heterocycles. The first-order valence-corrected chi connectivity index (χ1v) is 9.23. The second kappa shape index (κ2) is 8.46. The number of likely N-dealkylation sites (tertiary alicyclic amines) is 1. The van der Waals surface area contributed by atoms with E-state index in [9.17, 15) is 9.59 Å². The highest BCUT2D eigenvalue weighted by Crippen LogP contribution is 2.42. The Balaban J connectivity index is 1.69. The molecule has 1 N–H and O–H groups in total. The highest BCUT2D eigenvalue weighted by molar-refractivity contribution is 5.81. The standard InChI is InChI=1S/C17H27N5O4/c1-3-26-16(23)14-9-13-8-11(5-7-15-18-20-21-19-15)4-6-12(13)10-22(14)17(24)25-2/h11-14H,3-10H2,1-2H3,(H,18,19,20,21)/t11-,12+,13-,14+/m1/s1/i14D. The fraction of sp³-hybridized carbons (Fsp3) is 0.824. The average molecular weight is 366 g/mol. The van der Waals surface area contributed by atoms with Crippen molar-refractivity contribution in [2.75, 3.05) is 20.3 Å². The number of esters is 1. The smallest absolute Gasteiger partial charge is 0.410 e. The van der Waals surface area contributed by atoms with Gasteiger partial charge in [0.1, 0.15) is 6.02 Å². The van der Waals surface area contributed by atoms with Crippen LogP contribution in [0, 0.1) is 17.8 Å². The Bertz CT molecular complexity index is 658. The van der Waals surface area contributed by atoms with Crippen molar-refractivity contribution in [1.29, 1.82) is 0 Å². The van der Waals surface area contributed by atoms with Crippen LogP contribution in [0.3, 0.4) is 0 Å². The molecular formula is C17H27N5O4. The Morgan fingerprint density at radius 2 is 2.19 bits per heavy atom. The van der Waals surface area contributed by atoms with Crippen LogP contribution >= 0.6 is 0 Å². The molecular weight excluding hydrogens is 338 g/mol. The summed E-state index contributed by atoms with van der Waals surface area (Å²) in [6.45, 7) is 2.23. The maximum absolute atomic E-state index is 12.5. The third kappa shape index (κ3) is 4.13. The van der Waals surface area contributed by atoms with Gasteiger partial charge in [-0.2, -0.15) is 5.21 Å². The molecule has 3 rings (SSSR count). The van der Waals surface area contributed by atoms with E-state index in [1.54, 1.807) is 6.92 Å². The van der Waals surface area contributed by atoms with E-state index in [-0.39, 0.29) is 24.9 Å². The average Bonchev–Trinajstić information content (AvgIpc) is 3.18. The van der Waals surface area contributed by atoms with Crippen molar-refractivity contribution in [3.05, 3.63) is 5.82 Å². The van der Waals surface area contributed by atoms with Crippen LogP contribution in [0.2, 0.25) is 0 Å². The summed E-state index contributed by atoms with van der Waals surface area (Å²) in [6, 6.07) is -1.72. The molecule has 1 aromatic heterocycles. The molecule has 144 valence electrons. The zero-order valence-electron chi connectivity index (χ0n) is 16.3. The third-order valence-electron chi connectivity index (χ3n) is 5.52. The number of rotatable bonds is 5. The molecule has 1 aliphatic heterocycles. The summed E-state index contributed by atoms with van der Waals surface area (Å²) >= 11 is 0. The molecule has 0 aromatic carbocycles. The van der Waals surface area contributed by atoms with Crippen molar-refractivity contribution in [2.24, 2.45) is 17.8 Å². The first-order chi connectivity index (χ1) is 13.0. The highest BCUT2D eigenvalue weighted by atomic mass is 16.6. The molecule has 2 heterocycles. The summed E-state index contributed by atoms with van der Waals surface area (Å²) < 4.78 is 18.7. The van der Waals surface area contributed by atoms with Gasteiger partial charge in [-0.15, -0.1) is 10.2 Å². The minimum atomic E-state index is -1.72. The van der Waals surface area contributed by atoms with E-state index in [1.807, 2.05) is 0 Å². The van der Waals surface area contributed by atoms with Gasteiger partial charge in [-0.25, -0.2) is 9.59 Å². The molecule has 1 aromatic rings. The normalized spacial score (nSPS) is 31.7. The number of nitrogens with one attached hydrogen (secondary N) is 1. The van der Waals surface area contributed by atoms with Crippen LogP contribution in [0.1, 0.15) is 46.2 Å². The van der Waals surface area contributed by atoms with Gasteiger partial charge in [-0.05, 0) is 50.4 Å². The van der Waals surface area contributed by atoms with Gasteiger partial charge in [-0.1, -0.05) is 11.6 Å². The van der Waals surface area contributed by atoms with E-state index in [1.165, 1.54) is 12.0 Å². The molecule has 0 radical (unpaired) electrons. The van der Waals surface area contributed by atoms with Crippen LogP contribution in [-0.4, -0.2) is 63.9 Å². The summed E-state index contributed by atoms with van der Waals surface area (Å²) in [5, 5.41) is 14.0. The molecule has 1 amide bonds. The summed E-state index contributed by atoms with van der Waals surface area (Å²) in [5.74, 6) is 0.998. The first kappa shape index (κ1) is 17.2. The first-order valence-electron chi connectivity index (χ1n) is 9.73. The number of aromatic nitrogens is 4. The number of hydrogen-bond donors (Lipinski definition) is 1. The fourth-order valence-corrected chi connectivity index (χ4v) is 4.20. The summed E-state index contributed by atoms with van der Waals surface area (Å²) in [4.78, 5) is 26.0. The number of carbonyl (C=O) groups excluding carboxylic acids is 2. The van der Waals surface area contributed by atoms with Crippen molar-refractivity contribution in [3.8, 4) is 0 Å². The molecule has 0 bridgehead atoms.